The van der Waals surface area contributed by atoms with Crippen molar-refractivity contribution in [2.45, 2.75) is 57.4 Å². The van der Waals surface area contributed by atoms with Crippen molar-refractivity contribution in [1.82, 2.24) is 9.88 Å². The molecule has 5 rings (SSSR count). The summed E-state index contributed by atoms with van der Waals surface area (Å²) in [4.78, 5) is 21.2. The molecule has 2 N–H and O–H groups in total. The van der Waals surface area contributed by atoms with Crippen LogP contribution in [0.15, 0.2) is 30.3 Å². The molecule has 39 heavy (non-hydrogen) atoms. The molecule has 212 valence electrons. The number of amides is 2. The van der Waals surface area contributed by atoms with E-state index in [0.29, 0.717) is 63.7 Å². The lowest BCUT2D eigenvalue weighted by Gasteiger charge is -2.29. The molecule has 11 heteroatoms. The number of rotatable bonds is 6. The van der Waals surface area contributed by atoms with E-state index >= 15 is 0 Å². The van der Waals surface area contributed by atoms with Crippen LogP contribution in [0.5, 0.6) is 5.88 Å². The van der Waals surface area contributed by atoms with Crippen molar-refractivity contribution in [2.75, 3.05) is 49.6 Å². The van der Waals surface area contributed by atoms with E-state index < -0.39 is 24.5 Å². The van der Waals surface area contributed by atoms with Crippen molar-refractivity contribution >= 4 is 17.5 Å². The zero-order chi connectivity index (χ0) is 27.6. The highest BCUT2D eigenvalue weighted by atomic mass is 19.4. The first-order valence-electron chi connectivity index (χ1n) is 13.6. The van der Waals surface area contributed by atoms with Crippen molar-refractivity contribution in [2.24, 2.45) is 5.92 Å². The van der Waals surface area contributed by atoms with Gasteiger partial charge in [-0.1, -0.05) is 6.07 Å². The Balaban J connectivity index is 1.36. The molecule has 3 fully saturated rings. The minimum atomic E-state index is -4.23. The molecule has 3 aliphatic rings. The number of morpholine rings is 1. The number of urea groups is 1. The van der Waals surface area contributed by atoms with E-state index in [-0.39, 0.29) is 18.8 Å². The van der Waals surface area contributed by atoms with Gasteiger partial charge in [0.1, 0.15) is 11.9 Å². The van der Waals surface area contributed by atoms with Crippen LogP contribution < -0.4 is 15.0 Å². The highest BCUT2D eigenvalue weighted by Crippen LogP contribution is 2.34. The van der Waals surface area contributed by atoms with Gasteiger partial charge < -0.3 is 29.7 Å². The number of anilines is 2. The number of benzene rings is 1. The average Bonchev–Trinajstić information content (AvgIpc) is 3.53. The van der Waals surface area contributed by atoms with Gasteiger partial charge in [0.15, 0.2) is 0 Å². The summed E-state index contributed by atoms with van der Waals surface area (Å²) in [6.07, 6.45) is -3.19. The first-order valence-corrected chi connectivity index (χ1v) is 13.6. The second-order valence-corrected chi connectivity index (χ2v) is 10.7. The van der Waals surface area contributed by atoms with Crippen LogP contribution in [0.25, 0.3) is 11.1 Å². The summed E-state index contributed by atoms with van der Waals surface area (Å²) in [5, 5.41) is 12.8. The molecule has 2 aliphatic heterocycles. The van der Waals surface area contributed by atoms with Crippen LogP contribution in [-0.4, -0.2) is 78.8 Å². The first kappa shape index (κ1) is 27.5. The third kappa shape index (κ3) is 7.13. The third-order valence-electron chi connectivity index (χ3n) is 7.66. The summed E-state index contributed by atoms with van der Waals surface area (Å²) in [6, 6.07) is 9.05. The highest BCUT2D eigenvalue weighted by molar-refractivity contribution is 5.90. The molecule has 2 amide bonds. The topological polar surface area (TPSA) is 87.2 Å². The van der Waals surface area contributed by atoms with Crippen LogP contribution in [0.3, 0.4) is 0 Å². The van der Waals surface area contributed by atoms with Gasteiger partial charge in [0, 0.05) is 50.8 Å². The van der Waals surface area contributed by atoms with Crippen molar-refractivity contribution in [3.05, 3.63) is 35.9 Å². The molecule has 0 spiro atoms. The number of ether oxygens (including phenoxy) is 2. The number of aliphatic hydroxyl groups is 1. The number of nitrogens with zero attached hydrogens (tertiary/aromatic N) is 3. The van der Waals surface area contributed by atoms with Gasteiger partial charge in [-0.3, -0.25) is 0 Å². The summed E-state index contributed by atoms with van der Waals surface area (Å²) in [5.74, 6) is 0.680. The molecule has 1 aromatic heterocycles. The fraction of sp³-hybridized carbons (Fsp3) is 0.571. The molecule has 1 saturated carbocycles. The van der Waals surface area contributed by atoms with E-state index in [1.54, 1.807) is 6.07 Å². The number of pyridine rings is 1. The Morgan fingerprint density at radius 2 is 1.95 bits per heavy atom. The van der Waals surface area contributed by atoms with E-state index in [4.69, 9.17) is 14.5 Å². The number of nitrogens with one attached hydrogen (secondary N) is 1. The Morgan fingerprint density at radius 3 is 2.67 bits per heavy atom. The standard InChI is InChI=1S/C28H35F3N4O4/c1-18-2-3-21(32-27(37)35-7-6-19(17-35)16-28(29,30)31)14-24(18)20-12-25(34-8-10-38-11-9-34)33-26(13-20)39-23-5-4-22(36)15-23/h2-3,12-14,19,22-23,36H,4-11,15-17H2,1H3,(H,32,37)/t19-,22-,23+/m0/s1. The molecule has 3 atom stereocenters. The van der Waals surface area contributed by atoms with Gasteiger partial charge >= 0.3 is 12.2 Å². The molecule has 3 heterocycles. The first-order chi connectivity index (χ1) is 18.6. The van der Waals surface area contributed by atoms with E-state index in [0.717, 1.165) is 28.9 Å². The van der Waals surface area contributed by atoms with Gasteiger partial charge in [0.05, 0.1) is 19.3 Å². The van der Waals surface area contributed by atoms with Crippen molar-refractivity contribution in [1.29, 1.82) is 0 Å². The van der Waals surface area contributed by atoms with Gasteiger partial charge in [-0.15, -0.1) is 0 Å². The number of carbonyl (C=O) groups excluding carboxylic acids is 1. The van der Waals surface area contributed by atoms with Crippen LogP contribution in [0.1, 0.15) is 37.7 Å². The minimum absolute atomic E-state index is 0.0912. The number of aliphatic hydroxyl groups excluding tert-OH is 1. The molecule has 8 nitrogen and oxygen atoms in total. The second-order valence-electron chi connectivity index (χ2n) is 10.7. The Bertz CT molecular complexity index is 1170. The van der Waals surface area contributed by atoms with Gasteiger partial charge in [-0.05, 0) is 67.0 Å². The van der Waals surface area contributed by atoms with Gasteiger partial charge in [0.2, 0.25) is 5.88 Å². The Hall–Kier alpha value is -3.05. The lowest BCUT2D eigenvalue weighted by Crippen LogP contribution is -2.36. The van der Waals surface area contributed by atoms with E-state index in [1.807, 2.05) is 31.2 Å². The van der Waals surface area contributed by atoms with Crippen LogP contribution >= 0.6 is 0 Å². The van der Waals surface area contributed by atoms with Crippen molar-refractivity contribution in [3.8, 4) is 17.0 Å². The lowest BCUT2D eigenvalue weighted by atomic mass is 10.00. The largest absolute Gasteiger partial charge is 0.474 e. The van der Waals surface area contributed by atoms with E-state index in [2.05, 4.69) is 10.2 Å². The maximum atomic E-state index is 12.9. The predicted octanol–water partition coefficient (Wildman–Crippen LogP) is 4.99. The van der Waals surface area contributed by atoms with Crippen LogP contribution in [-0.2, 0) is 4.74 Å². The predicted molar refractivity (Wildman–Crippen MR) is 141 cm³/mol. The van der Waals surface area contributed by atoms with Gasteiger partial charge in [0.25, 0.3) is 0 Å². The number of hydrogen-bond donors (Lipinski definition) is 2. The molecule has 1 aliphatic carbocycles. The third-order valence-corrected chi connectivity index (χ3v) is 7.66. The Kier molecular flexibility index (Phi) is 8.18. The molecule has 1 aromatic carbocycles. The number of likely N-dealkylation sites (tertiary alicyclic amines) is 1. The molecular formula is C28H35F3N4O4. The number of alkyl halides is 3. The fourth-order valence-corrected chi connectivity index (χ4v) is 5.58. The Morgan fingerprint density at radius 1 is 1.15 bits per heavy atom. The van der Waals surface area contributed by atoms with Gasteiger partial charge in [-0.2, -0.15) is 18.2 Å². The SMILES string of the molecule is Cc1ccc(NC(=O)N2CC[C@@H](CC(F)(F)F)C2)cc1-c1cc(O[C@@H]2CC[C@H](O)C2)nc(N2CCOCC2)c1. The fourth-order valence-electron chi connectivity index (χ4n) is 5.58. The zero-order valence-corrected chi connectivity index (χ0v) is 22.0. The van der Waals surface area contributed by atoms with E-state index in [9.17, 15) is 23.1 Å². The monoisotopic (exact) mass is 548 g/mol. The number of halogens is 3. The summed E-state index contributed by atoms with van der Waals surface area (Å²) in [7, 11) is 0. The minimum Gasteiger partial charge on any atom is -0.474 e. The van der Waals surface area contributed by atoms with Crippen LogP contribution in [0.2, 0.25) is 0 Å². The highest BCUT2D eigenvalue weighted by Gasteiger charge is 2.36. The number of aryl methyl sites for hydroxylation is 1. The second kappa shape index (κ2) is 11.6. The quantitative estimate of drug-likeness (QED) is 0.529. The maximum absolute atomic E-state index is 12.9. The summed E-state index contributed by atoms with van der Waals surface area (Å²) >= 11 is 0. The molecule has 0 bridgehead atoms. The summed E-state index contributed by atoms with van der Waals surface area (Å²) < 4.78 is 50.0. The maximum Gasteiger partial charge on any atom is 0.389 e. The zero-order valence-electron chi connectivity index (χ0n) is 22.0. The van der Waals surface area contributed by atoms with Crippen LogP contribution in [0, 0.1) is 12.8 Å². The summed E-state index contributed by atoms with van der Waals surface area (Å²) in [5.41, 5.74) is 3.31. The molecule has 2 aromatic rings. The van der Waals surface area contributed by atoms with E-state index in [1.165, 1.54) is 4.90 Å². The number of carbonyl (C=O) groups is 1. The smallest absolute Gasteiger partial charge is 0.389 e. The lowest BCUT2D eigenvalue weighted by molar-refractivity contribution is -0.143. The molecule has 0 unspecified atom stereocenters. The average molecular weight is 549 g/mol. The van der Waals surface area contributed by atoms with Gasteiger partial charge in [-0.25, -0.2) is 4.79 Å². The number of hydrogen-bond acceptors (Lipinski definition) is 6. The van der Waals surface area contributed by atoms with Crippen molar-refractivity contribution < 1.29 is 32.5 Å². The molecule has 2 saturated heterocycles. The van der Waals surface area contributed by atoms with Crippen LogP contribution in [0.4, 0.5) is 29.5 Å². The normalized spacial score (nSPS) is 23.8. The summed E-state index contributed by atoms with van der Waals surface area (Å²) in [6.45, 7) is 5.00. The van der Waals surface area contributed by atoms with Crippen molar-refractivity contribution in [3.63, 3.8) is 0 Å². The molecule has 0 radical (unpaired) electrons. The Labute approximate surface area is 226 Å². The molecular weight excluding hydrogens is 513 g/mol. The number of aromatic nitrogens is 1.